The molecule has 6 N–H and O–H groups in total. The van der Waals surface area contributed by atoms with Crippen LogP contribution in [0.2, 0.25) is 0 Å². The third-order valence-electron chi connectivity index (χ3n) is 2.32. The molecule has 0 aliphatic carbocycles. The average molecular weight is 244 g/mol. The second-order valence-electron chi connectivity index (χ2n) is 5.02. The van der Waals surface area contributed by atoms with E-state index in [-0.39, 0.29) is 24.4 Å². The Morgan fingerprint density at radius 1 is 1.35 bits per heavy atom. The van der Waals surface area contributed by atoms with Crippen molar-refractivity contribution in [2.24, 2.45) is 11.5 Å². The second kappa shape index (κ2) is 6.56. The van der Waals surface area contributed by atoms with Gasteiger partial charge in [-0.3, -0.25) is 9.59 Å². The lowest BCUT2D eigenvalue weighted by atomic mass is 9.95. The summed E-state index contributed by atoms with van der Waals surface area (Å²) < 4.78 is 0. The highest BCUT2D eigenvalue weighted by Gasteiger charge is 2.25. The van der Waals surface area contributed by atoms with Crippen molar-refractivity contribution in [2.45, 2.75) is 51.7 Å². The van der Waals surface area contributed by atoms with E-state index in [1.807, 2.05) is 20.8 Å². The maximum atomic E-state index is 11.6. The van der Waals surface area contributed by atoms with Crippen LogP contribution in [0.25, 0.3) is 0 Å². The Morgan fingerprint density at radius 2 is 1.88 bits per heavy atom. The molecule has 0 fully saturated rings. The van der Waals surface area contributed by atoms with Crippen LogP contribution in [0.1, 0.15) is 34.1 Å². The van der Waals surface area contributed by atoms with Crippen molar-refractivity contribution >= 4 is 11.8 Å². The summed E-state index contributed by atoms with van der Waals surface area (Å²) in [6.45, 7) is 7.23. The van der Waals surface area contributed by atoms with Crippen molar-refractivity contribution in [3.8, 4) is 0 Å². The van der Waals surface area contributed by atoms with Crippen molar-refractivity contribution in [1.82, 2.24) is 10.6 Å². The molecule has 0 heterocycles. The monoisotopic (exact) mass is 244 g/mol. The maximum absolute atomic E-state index is 11.6. The molecule has 0 aromatic rings. The zero-order valence-electron chi connectivity index (χ0n) is 11.0. The predicted molar refractivity (Wildman–Crippen MR) is 67.1 cm³/mol. The van der Waals surface area contributed by atoms with Crippen LogP contribution in [0, 0.1) is 0 Å². The fourth-order valence-electron chi connectivity index (χ4n) is 1.75. The highest BCUT2D eigenvalue weighted by atomic mass is 16.2. The number of carbonyl (C=O) groups excluding carboxylic acids is 2. The lowest BCUT2D eigenvalue weighted by molar-refractivity contribution is -0.123. The molecule has 100 valence electrons. The smallest absolute Gasteiger partial charge is 0.238 e. The van der Waals surface area contributed by atoms with Crippen LogP contribution in [0.15, 0.2) is 0 Å². The minimum Gasteiger partial charge on any atom is -0.354 e. The number of nitrogens with one attached hydrogen (secondary N) is 2. The van der Waals surface area contributed by atoms with Gasteiger partial charge in [0.2, 0.25) is 11.8 Å². The number of nitrogens with two attached hydrogens (primary N) is 2. The van der Waals surface area contributed by atoms with E-state index in [1.165, 1.54) is 6.92 Å². The Bertz CT molecular complexity index is 279. The molecule has 6 heteroatoms. The molecule has 0 aliphatic heterocycles. The molecular formula is C11H24N4O2. The molecule has 0 spiro atoms. The molecule has 0 saturated carbocycles. The molecule has 6 nitrogen and oxygen atoms in total. The van der Waals surface area contributed by atoms with E-state index in [9.17, 15) is 9.59 Å². The molecule has 0 saturated heterocycles. The Kier molecular flexibility index (Phi) is 6.12. The Hall–Kier alpha value is -1.14. The van der Waals surface area contributed by atoms with Gasteiger partial charge >= 0.3 is 0 Å². The SMILES string of the molecule is CC(=O)NC(C)CC(C)(C)NC(=O)C(N)CN. The Labute approximate surface area is 102 Å². The van der Waals surface area contributed by atoms with Gasteiger partial charge in [-0.1, -0.05) is 0 Å². The van der Waals surface area contributed by atoms with Gasteiger partial charge in [0, 0.05) is 25.0 Å². The standard InChI is InChI=1S/C11H24N4O2/c1-7(14-8(2)16)5-11(3,4)15-10(17)9(13)6-12/h7,9H,5-6,12-13H2,1-4H3,(H,14,16)(H,15,17). The highest BCUT2D eigenvalue weighted by Crippen LogP contribution is 2.11. The molecule has 0 aliphatic rings. The van der Waals surface area contributed by atoms with Gasteiger partial charge in [0.1, 0.15) is 0 Å². The Balaban J connectivity index is 4.28. The van der Waals surface area contributed by atoms with Gasteiger partial charge in [0.05, 0.1) is 6.04 Å². The van der Waals surface area contributed by atoms with Crippen LogP contribution in [0.5, 0.6) is 0 Å². The highest BCUT2D eigenvalue weighted by molar-refractivity contribution is 5.82. The van der Waals surface area contributed by atoms with Gasteiger partial charge in [-0.2, -0.15) is 0 Å². The summed E-state index contributed by atoms with van der Waals surface area (Å²) in [6, 6.07) is -0.706. The number of carbonyl (C=O) groups is 2. The summed E-state index contributed by atoms with van der Waals surface area (Å²) >= 11 is 0. The first-order chi connectivity index (χ1) is 7.68. The minimum absolute atomic E-state index is 0.0168. The summed E-state index contributed by atoms with van der Waals surface area (Å²) in [5.74, 6) is -0.356. The lowest BCUT2D eigenvalue weighted by Crippen LogP contribution is -2.54. The fraction of sp³-hybridized carbons (Fsp3) is 0.818. The third kappa shape index (κ3) is 6.91. The first-order valence-corrected chi connectivity index (χ1v) is 5.72. The Morgan fingerprint density at radius 3 is 2.29 bits per heavy atom. The number of hydrogen-bond donors (Lipinski definition) is 4. The summed E-state index contributed by atoms with van der Waals surface area (Å²) in [5, 5.41) is 5.59. The molecule has 0 bridgehead atoms. The molecule has 0 aromatic heterocycles. The van der Waals surface area contributed by atoms with E-state index < -0.39 is 11.6 Å². The van der Waals surface area contributed by atoms with E-state index in [0.29, 0.717) is 6.42 Å². The summed E-state index contributed by atoms with van der Waals surface area (Å²) in [7, 11) is 0. The van der Waals surface area contributed by atoms with Gasteiger partial charge in [0.25, 0.3) is 0 Å². The molecule has 2 unspecified atom stereocenters. The van der Waals surface area contributed by atoms with Crippen LogP contribution in [0.3, 0.4) is 0 Å². The van der Waals surface area contributed by atoms with E-state index in [4.69, 9.17) is 11.5 Å². The topological polar surface area (TPSA) is 110 Å². The maximum Gasteiger partial charge on any atom is 0.238 e. The van der Waals surface area contributed by atoms with Crippen molar-refractivity contribution in [3.63, 3.8) is 0 Å². The molecule has 17 heavy (non-hydrogen) atoms. The second-order valence-corrected chi connectivity index (χ2v) is 5.02. The van der Waals surface area contributed by atoms with E-state index in [2.05, 4.69) is 10.6 Å². The number of rotatable bonds is 6. The third-order valence-corrected chi connectivity index (χ3v) is 2.32. The van der Waals surface area contributed by atoms with Gasteiger partial charge in [-0.15, -0.1) is 0 Å². The molecular weight excluding hydrogens is 220 g/mol. The van der Waals surface area contributed by atoms with Crippen molar-refractivity contribution in [1.29, 1.82) is 0 Å². The summed E-state index contributed by atoms with van der Waals surface area (Å²) in [6.07, 6.45) is 0.621. The molecule has 2 amide bonds. The van der Waals surface area contributed by atoms with Crippen LogP contribution >= 0.6 is 0 Å². The zero-order chi connectivity index (χ0) is 13.6. The quantitative estimate of drug-likeness (QED) is 0.484. The van der Waals surface area contributed by atoms with E-state index >= 15 is 0 Å². The lowest BCUT2D eigenvalue weighted by Gasteiger charge is -2.30. The fourth-order valence-corrected chi connectivity index (χ4v) is 1.75. The number of amides is 2. The van der Waals surface area contributed by atoms with Gasteiger partial charge < -0.3 is 22.1 Å². The predicted octanol–water partition coefficient (Wildman–Crippen LogP) is -0.918. The largest absolute Gasteiger partial charge is 0.354 e. The minimum atomic E-state index is -0.689. The number of hydrogen-bond acceptors (Lipinski definition) is 4. The molecule has 0 aromatic carbocycles. The van der Waals surface area contributed by atoms with Crippen LogP contribution in [-0.4, -0.2) is 36.0 Å². The first-order valence-electron chi connectivity index (χ1n) is 5.72. The van der Waals surface area contributed by atoms with Crippen molar-refractivity contribution < 1.29 is 9.59 Å². The molecule has 2 atom stereocenters. The van der Waals surface area contributed by atoms with Gasteiger partial charge in [-0.25, -0.2) is 0 Å². The van der Waals surface area contributed by atoms with Gasteiger partial charge in [-0.05, 0) is 27.2 Å². The van der Waals surface area contributed by atoms with Gasteiger partial charge in [0.15, 0.2) is 0 Å². The molecule has 0 radical (unpaired) electrons. The molecule has 0 rings (SSSR count). The summed E-state index contributed by atoms with van der Waals surface area (Å²) in [5.41, 5.74) is 10.4. The first kappa shape index (κ1) is 15.9. The van der Waals surface area contributed by atoms with Crippen LogP contribution in [-0.2, 0) is 9.59 Å². The van der Waals surface area contributed by atoms with E-state index in [0.717, 1.165) is 0 Å². The van der Waals surface area contributed by atoms with E-state index in [1.54, 1.807) is 0 Å². The van der Waals surface area contributed by atoms with Crippen LogP contribution in [0.4, 0.5) is 0 Å². The zero-order valence-corrected chi connectivity index (χ0v) is 11.0. The average Bonchev–Trinajstić information content (AvgIpc) is 2.12. The summed E-state index contributed by atoms with van der Waals surface area (Å²) in [4.78, 5) is 22.5. The van der Waals surface area contributed by atoms with Crippen molar-refractivity contribution in [3.05, 3.63) is 0 Å². The normalized spacial score (nSPS) is 14.9. The van der Waals surface area contributed by atoms with Crippen molar-refractivity contribution in [2.75, 3.05) is 6.54 Å². The van der Waals surface area contributed by atoms with Crippen LogP contribution < -0.4 is 22.1 Å².